The molecule has 8 heteroatoms. The van der Waals surface area contributed by atoms with Gasteiger partial charge in [0.2, 0.25) is 5.95 Å². The molecule has 0 amide bonds. The van der Waals surface area contributed by atoms with Crippen LogP contribution in [0.15, 0.2) is 63.9 Å². The average molecular weight is 349 g/mol. The van der Waals surface area contributed by atoms with E-state index in [0.29, 0.717) is 22.9 Å². The molecule has 0 aliphatic carbocycles. The van der Waals surface area contributed by atoms with Crippen molar-refractivity contribution >= 4 is 28.6 Å². The van der Waals surface area contributed by atoms with E-state index in [4.69, 9.17) is 4.42 Å². The average Bonchev–Trinajstić information content (AvgIpc) is 2.95. The standard InChI is InChI=1S/C18H15N5O3/c1-11-10-19-17(20-12-6-8-13(24)9-7-12)21-16(11)22-23-14-4-2-3-5-15(14)26-18(23)25/h2-10,24H,1H3,(H2,19,20,21,22). The highest BCUT2D eigenvalue weighted by Crippen LogP contribution is 2.20. The fraction of sp³-hybridized carbons (Fsp3) is 0.0556. The van der Waals surface area contributed by atoms with E-state index in [1.54, 1.807) is 48.7 Å². The number of fused-ring (bicyclic) bond motifs is 1. The van der Waals surface area contributed by atoms with E-state index in [9.17, 15) is 9.90 Å². The first-order valence-corrected chi connectivity index (χ1v) is 7.87. The maximum absolute atomic E-state index is 12.1. The number of aryl methyl sites for hydroxylation is 1. The number of hydrogen-bond donors (Lipinski definition) is 3. The summed E-state index contributed by atoms with van der Waals surface area (Å²) < 4.78 is 6.51. The molecule has 8 nitrogen and oxygen atoms in total. The third-order valence-corrected chi connectivity index (χ3v) is 3.80. The van der Waals surface area contributed by atoms with Crippen molar-refractivity contribution in [3.05, 3.63) is 70.8 Å². The van der Waals surface area contributed by atoms with Crippen LogP contribution in [0.5, 0.6) is 5.75 Å². The molecule has 0 aliphatic heterocycles. The minimum absolute atomic E-state index is 0.175. The number of rotatable bonds is 4. The highest BCUT2D eigenvalue weighted by atomic mass is 16.4. The fourth-order valence-electron chi connectivity index (χ4n) is 2.47. The normalized spacial score (nSPS) is 10.8. The summed E-state index contributed by atoms with van der Waals surface area (Å²) in [5.41, 5.74) is 5.57. The molecule has 2 heterocycles. The van der Waals surface area contributed by atoms with E-state index >= 15 is 0 Å². The molecular weight excluding hydrogens is 334 g/mol. The van der Waals surface area contributed by atoms with Crippen LogP contribution in [0.1, 0.15) is 5.56 Å². The lowest BCUT2D eigenvalue weighted by Crippen LogP contribution is -2.23. The number of anilines is 3. The van der Waals surface area contributed by atoms with Crippen LogP contribution in [-0.2, 0) is 0 Å². The number of oxazole rings is 1. The van der Waals surface area contributed by atoms with Gasteiger partial charge in [-0.25, -0.2) is 9.78 Å². The summed E-state index contributed by atoms with van der Waals surface area (Å²) in [7, 11) is 0. The Morgan fingerprint density at radius 1 is 1.12 bits per heavy atom. The predicted molar refractivity (Wildman–Crippen MR) is 97.7 cm³/mol. The van der Waals surface area contributed by atoms with Crippen LogP contribution in [0.3, 0.4) is 0 Å². The van der Waals surface area contributed by atoms with Crippen LogP contribution >= 0.6 is 0 Å². The van der Waals surface area contributed by atoms with E-state index in [1.165, 1.54) is 4.68 Å². The molecule has 0 spiro atoms. The van der Waals surface area contributed by atoms with E-state index in [0.717, 1.165) is 11.3 Å². The zero-order chi connectivity index (χ0) is 18.1. The Kier molecular flexibility index (Phi) is 3.77. The molecule has 0 aliphatic rings. The van der Waals surface area contributed by atoms with Gasteiger partial charge in [-0.05, 0) is 43.3 Å². The van der Waals surface area contributed by atoms with Crippen molar-refractivity contribution in [1.82, 2.24) is 14.6 Å². The Bertz CT molecular complexity index is 1130. The highest BCUT2D eigenvalue weighted by molar-refractivity contribution is 5.73. The van der Waals surface area contributed by atoms with Gasteiger partial charge in [0.1, 0.15) is 11.3 Å². The zero-order valence-corrected chi connectivity index (χ0v) is 13.8. The van der Waals surface area contributed by atoms with E-state index in [-0.39, 0.29) is 5.75 Å². The summed E-state index contributed by atoms with van der Waals surface area (Å²) in [6.07, 6.45) is 1.64. The molecule has 130 valence electrons. The SMILES string of the molecule is Cc1cnc(Nc2ccc(O)cc2)nc1Nn1c(=O)oc2ccccc21. The minimum atomic E-state index is -0.530. The lowest BCUT2D eigenvalue weighted by atomic mass is 10.3. The summed E-state index contributed by atoms with van der Waals surface area (Å²) in [6.45, 7) is 1.83. The maximum atomic E-state index is 12.1. The Labute approximate surface area is 147 Å². The first-order valence-electron chi connectivity index (χ1n) is 7.87. The largest absolute Gasteiger partial charge is 0.508 e. The molecule has 26 heavy (non-hydrogen) atoms. The lowest BCUT2D eigenvalue weighted by molar-refractivity contribution is 0.475. The zero-order valence-electron chi connectivity index (χ0n) is 13.8. The molecule has 0 bridgehead atoms. The molecule has 0 saturated heterocycles. The van der Waals surface area contributed by atoms with Crippen LogP contribution in [-0.4, -0.2) is 19.8 Å². The number of aromatic nitrogens is 3. The quantitative estimate of drug-likeness (QED) is 0.486. The van der Waals surface area contributed by atoms with Gasteiger partial charge in [-0.1, -0.05) is 12.1 Å². The number of para-hydroxylation sites is 2. The van der Waals surface area contributed by atoms with Gasteiger partial charge in [-0.3, -0.25) is 5.43 Å². The molecule has 0 radical (unpaired) electrons. The summed E-state index contributed by atoms with van der Waals surface area (Å²) in [5.74, 6) is 0.464. The van der Waals surface area contributed by atoms with Crippen LogP contribution < -0.4 is 16.5 Å². The molecule has 2 aromatic carbocycles. The van der Waals surface area contributed by atoms with Crippen LogP contribution in [0.2, 0.25) is 0 Å². The van der Waals surface area contributed by atoms with Gasteiger partial charge < -0.3 is 14.8 Å². The number of hydrogen-bond acceptors (Lipinski definition) is 7. The van der Waals surface area contributed by atoms with Crippen molar-refractivity contribution in [1.29, 1.82) is 0 Å². The van der Waals surface area contributed by atoms with Crippen molar-refractivity contribution in [2.75, 3.05) is 10.7 Å². The van der Waals surface area contributed by atoms with Crippen molar-refractivity contribution < 1.29 is 9.52 Å². The number of aromatic hydroxyl groups is 1. The summed E-state index contributed by atoms with van der Waals surface area (Å²) in [5, 5.41) is 12.4. The molecule has 3 N–H and O–H groups in total. The van der Waals surface area contributed by atoms with Crippen LogP contribution in [0.4, 0.5) is 17.5 Å². The van der Waals surface area contributed by atoms with E-state index in [2.05, 4.69) is 20.7 Å². The van der Waals surface area contributed by atoms with Crippen molar-refractivity contribution in [3.63, 3.8) is 0 Å². The third kappa shape index (κ3) is 2.95. The monoisotopic (exact) mass is 349 g/mol. The van der Waals surface area contributed by atoms with Crippen LogP contribution in [0.25, 0.3) is 11.1 Å². The van der Waals surface area contributed by atoms with Crippen molar-refractivity contribution in [2.45, 2.75) is 6.92 Å². The Hall–Kier alpha value is -3.81. The first-order chi connectivity index (χ1) is 12.6. The Morgan fingerprint density at radius 3 is 2.69 bits per heavy atom. The van der Waals surface area contributed by atoms with Gasteiger partial charge in [0.05, 0.1) is 0 Å². The summed E-state index contributed by atoms with van der Waals surface area (Å²) in [6, 6.07) is 13.7. The van der Waals surface area contributed by atoms with Gasteiger partial charge in [0.25, 0.3) is 0 Å². The second-order valence-electron chi connectivity index (χ2n) is 5.68. The van der Waals surface area contributed by atoms with Gasteiger partial charge in [-0.15, -0.1) is 0 Å². The van der Waals surface area contributed by atoms with Crippen molar-refractivity contribution in [3.8, 4) is 5.75 Å². The molecule has 4 rings (SSSR count). The van der Waals surface area contributed by atoms with E-state index in [1.807, 2.05) is 13.0 Å². The molecule has 0 fully saturated rings. The number of phenolic OH excluding ortho intramolecular Hbond substituents is 1. The smallest absolute Gasteiger partial charge is 0.439 e. The lowest BCUT2D eigenvalue weighted by Gasteiger charge is -2.11. The number of nitrogens with zero attached hydrogens (tertiary/aromatic N) is 3. The molecule has 4 aromatic rings. The molecular formula is C18H15N5O3. The van der Waals surface area contributed by atoms with Crippen LogP contribution in [0, 0.1) is 6.92 Å². The molecule has 0 saturated carbocycles. The summed E-state index contributed by atoms with van der Waals surface area (Å²) in [4.78, 5) is 20.8. The highest BCUT2D eigenvalue weighted by Gasteiger charge is 2.11. The second kappa shape index (κ2) is 6.25. The van der Waals surface area contributed by atoms with Gasteiger partial charge in [0.15, 0.2) is 11.4 Å². The Morgan fingerprint density at radius 2 is 1.88 bits per heavy atom. The van der Waals surface area contributed by atoms with Gasteiger partial charge in [0, 0.05) is 17.4 Å². The molecule has 0 atom stereocenters. The number of nitrogens with one attached hydrogen (secondary N) is 2. The second-order valence-corrected chi connectivity index (χ2v) is 5.68. The Balaban J connectivity index is 1.67. The third-order valence-electron chi connectivity index (χ3n) is 3.80. The minimum Gasteiger partial charge on any atom is -0.508 e. The molecule has 0 unspecified atom stereocenters. The number of phenols is 1. The fourth-order valence-corrected chi connectivity index (χ4v) is 2.47. The van der Waals surface area contributed by atoms with Crippen molar-refractivity contribution in [2.24, 2.45) is 0 Å². The predicted octanol–water partition coefficient (Wildman–Crippen LogP) is 3.02. The first kappa shape index (κ1) is 15.7. The number of benzene rings is 2. The van der Waals surface area contributed by atoms with E-state index < -0.39 is 5.76 Å². The molecule has 2 aromatic heterocycles. The maximum Gasteiger partial charge on any atom is 0.439 e. The van der Waals surface area contributed by atoms with Gasteiger partial charge in [-0.2, -0.15) is 9.66 Å². The topological polar surface area (TPSA) is 105 Å². The summed E-state index contributed by atoms with van der Waals surface area (Å²) >= 11 is 0. The van der Waals surface area contributed by atoms with Gasteiger partial charge >= 0.3 is 5.76 Å².